The molecule has 7 heteroatoms. The smallest absolute Gasteiger partial charge is 0.308 e. The molecule has 0 aromatic heterocycles. The molecule has 1 atom stereocenters. The molecule has 1 aromatic rings. The number of nitrogens with zero attached hydrogens (tertiary/aromatic N) is 1. The molecular weight excluding hydrogens is 305 g/mol. The zero-order valence-corrected chi connectivity index (χ0v) is 12.8. The predicted molar refractivity (Wildman–Crippen MR) is 78.8 cm³/mol. The lowest BCUT2D eigenvalue weighted by Gasteiger charge is -2.15. The topological polar surface area (TPSA) is 83.9 Å². The number of likely N-dealkylation sites (tertiary alicyclic amines) is 1. The van der Waals surface area contributed by atoms with E-state index in [0.29, 0.717) is 13.0 Å². The third-order valence-corrected chi connectivity index (χ3v) is 3.93. The second-order valence-electron chi connectivity index (χ2n) is 5.44. The van der Waals surface area contributed by atoms with E-state index in [1.165, 1.54) is 24.1 Å². The lowest BCUT2D eigenvalue weighted by atomic mass is 10.1. The number of amides is 1. The number of carboxylic acids is 1. The first-order valence-corrected chi connectivity index (χ1v) is 7.29. The van der Waals surface area contributed by atoms with Gasteiger partial charge in [-0.2, -0.15) is 0 Å². The Morgan fingerprint density at radius 1 is 1.35 bits per heavy atom. The van der Waals surface area contributed by atoms with E-state index in [9.17, 15) is 18.8 Å². The number of carbonyl (C=O) groups excluding carboxylic acids is 2. The van der Waals surface area contributed by atoms with Crippen LogP contribution in [0.3, 0.4) is 0 Å². The van der Waals surface area contributed by atoms with Crippen LogP contribution in [0.2, 0.25) is 0 Å². The Kier molecular flexibility index (Phi) is 5.31. The Bertz CT molecular complexity index is 631. The van der Waals surface area contributed by atoms with Gasteiger partial charge in [-0.3, -0.25) is 14.4 Å². The van der Waals surface area contributed by atoms with Gasteiger partial charge in [0.15, 0.2) is 17.3 Å². The molecule has 6 nitrogen and oxygen atoms in total. The summed E-state index contributed by atoms with van der Waals surface area (Å²) in [7, 11) is 1.33. The van der Waals surface area contributed by atoms with Gasteiger partial charge in [-0.25, -0.2) is 4.39 Å². The van der Waals surface area contributed by atoms with E-state index in [0.717, 1.165) is 6.07 Å². The van der Waals surface area contributed by atoms with Gasteiger partial charge in [0.25, 0.3) is 0 Å². The Hall–Kier alpha value is -2.44. The molecule has 1 fully saturated rings. The van der Waals surface area contributed by atoms with Crippen LogP contribution < -0.4 is 4.74 Å². The molecule has 0 spiro atoms. The molecule has 1 aliphatic heterocycles. The number of rotatable bonds is 6. The number of aliphatic carboxylic acids is 1. The fourth-order valence-electron chi connectivity index (χ4n) is 2.55. The van der Waals surface area contributed by atoms with E-state index in [1.54, 1.807) is 0 Å². The minimum absolute atomic E-state index is 0.0151. The number of carboxylic acid groups (broad SMARTS) is 1. The van der Waals surface area contributed by atoms with Crippen LogP contribution in [0.25, 0.3) is 0 Å². The predicted octanol–water partition coefficient (Wildman–Crippen LogP) is 1.73. The second-order valence-corrected chi connectivity index (χ2v) is 5.44. The number of hydrogen-bond donors (Lipinski definition) is 1. The van der Waals surface area contributed by atoms with Crippen molar-refractivity contribution in [3.05, 3.63) is 29.6 Å². The monoisotopic (exact) mass is 323 g/mol. The fraction of sp³-hybridized carbons (Fsp3) is 0.438. The quantitative estimate of drug-likeness (QED) is 0.806. The van der Waals surface area contributed by atoms with Crippen molar-refractivity contribution in [1.82, 2.24) is 4.90 Å². The summed E-state index contributed by atoms with van der Waals surface area (Å²) in [6.07, 6.45) is 0.371. The van der Waals surface area contributed by atoms with Crippen molar-refractivity contribution in [1.29, 1.82) is 0 Å². The third-order valence-electron chi connectivity index (χ3n) is 3.93. The average Bonchev–Trinajstić information content (AvgIpc) is 3.02. The van der Waals surface area contributed by atoms with Crippen molar-refractivity contribution in [3.8, 4) is 5.75 Å². The molecular formula is C16H18FNO5. The summed E-state index contributed by atoms with van der Waals surface area (Å²) in [5, 5.41) is 8.91. The molecule has 0 saturated carbocycles. The van der Waals surface area contributed by atoms with Gasteiger partial charge in [-0.15, -0.1) is 0 Å². The van der Waals surface area contributed by atoms with Crippen LogP contribution in [0, 0.1) is 11.7 Å². The van der Waals surface area contributed by atoms with E-state index in [1.807, 2.05) is 0 Å². The first-order chi connectivity index (χ1) is 10.9. The lowest BCUT2D eigenvalue weighted by molar-refractivity contribution is -0.141. The molecule has 2 rings (SSSR count). The molecule has 1 aromatic carbocycles. The van der Waals surface area contributed by atoms with Crippen molar-refractivity contribution in [2.24, 2.45) is 5.92 Å². The molecule has 1 amide bonds. The molecule has 0 bridgehead atoms. The van der Waals surface area contributed by atoms with E-state index < -0.39 is 17.7 Å². The number of halogens is 1. The van der Waals surface area contributed by atoms with Crippen molar-refractivity contribution in [3.63, 3.8) is 0 Å². The number of ketones is 1. The molecule has 1 N–H and O–H groups in total. The van der Waals surface area contributed by atoms with Crippen LogP contribution in [0.15, 0.2) is 18.2 Å². The van der Waals surface area contributed by atoms with Crippen molar-refractivity contribution >= 4 is 17.7 Å². The summed E-state index contributed by atoms with van der Waals surface area (Å²) in [4.78, 5) is 36.3. The summed E-state index contributed by atoms with van der Waals surface area (Å²) in [6.45, 7) is 0.570. The van der Waals surface area contributed by atoms with Crippen LogP contribution in [0.4, 0.5) is 4.39 Å². The summed E-state index contributed by atoms with van der Waals surface area (Å²) >= 11 is 0. The number of Topliss-reactive ketones (excluding diaryl/α,β-unsaturated/α-hetero) is 1. The normalized spacial score (nSPS) is 17.1. The number of ether oxygens (including phenoxy) is 1. The Morgan fingerprint density at radius 2 is 2.09 bits per heavy atom. The van der Waals surface area contributed by atoms with E-state index in [2.05, 4.69) is 0 Å². The first kappa shape index (κ1) is 16.9. The fourth-order valence-corrected chi connectivity index (χ4v) is 2.55. The van der Waals surface area contributed by atoms with Gasteiger partial charge in [0.05, 0.1) is 13.0 Å². The summed E-state index contributed by atoms with van der Waals surface area (Å²) in [6, 6.07) is 3.90. The van der Waals surface area contributed by atoms with Crippen molar-refractivity contribution in [2.75, 3.05) is 20.2 Å². The third kappa shape index (κ3) is 4.06. The van der Waals surface area contributed by atoms with E-state index in [4.69, 9.17) is 9.84 Å². The number of benzene rings is 1. The maximum atomic E-state index is 13.6. The van der Waals surface area contributed by atoms with E-state index >= 15 is 0 Å². The average molecular weight is 323 g/mol. The summed E-state index contributed by atoms with van der Waals surface area (Å²) in [5.74, 6) is -2.62. The van der Waals surface area contributed by atoms with Crippen molar-refractivity contribution < 1.29 is 28.6 Å². The molecule has 1 unspecified atom stereocenters. The Labute approximate surface area is 132 Å². The molecule has 1 heterocycles. The molecule has 23 heavy (non-hydrogen) atoms. The molecule has 1 aliphatic rings. The first-order valence-electron chi connectivity index (χ1n) is 7.29. The Balaban J connectivity index is 1.88. The second kappa shape index (κ2) is 7.21. The molecule has 0 aliphatic carbocycles. The number of hydrogen-bond acceptors (Lipinski definition) is 4. The highest BCUT2D eigenvalue weighted by atomic mass is 19.1. The van der Waals surface area contributed by atoms with E-state index in [-0.39, 0.29) is 42.4 Å². The van der Waals surface area contributed by atoms with Gasteiger partial charge in [-0.05, 0) is 24.6 Å². The highest BCUT2D eigenvalue weighted by Gasteiger charge is 2.30. The zero-order chi connectivity index (χ0) is 17.0. The number of methoxy groups -OCH3 is 1. The van der Waals surface area contributed by atoms with Crippen LogP contribution >= 0.6 is 0 Å². The molecule has 124 valence electrons. The standard InChI is InChI=1S/C16H18FNO5/c1-23-14-4-2-10(8-12(14)17)13(19)3-5-15(20)18-7-6-11(9-18)16(21)22/h2,4,8,11H,3,5-7,9H2,1H3,(H,21,22). The van der Waals surface area contributed by atoms with Crippen LogP contribution in [-0.4, -0.2) is 47.9 Å². The van der Waals surface area contributed by atoms with Crippen LogP contribution in [0.5, 0.6) is 5.75 Å². The highest BCUT2D eigenvalue weighted by molar-refractivity contribution is 5.98. The minimum atomic E-state index is -0.912. The van der Waals surface area contributed by atoms with Crippen LogP contribution in [0.1, 0.15) is 29.6 Å². The minimum Gasteiger partial charge on any atom is -0.494 e. The van der Waals surface area contributed by atoms with Gasteiger partial charge >= 0.3 is 5.97 Å². The number of carbonyl (C=O) groups is 3. The van der Waals surface area contributed by atoms with Crippen molar-refractivity contribution in [2.45, 2.75) is 19.3 Å². The van der Waals surface area contributed by atoms with Gasteiger partial charge < -0.3 is 14.7 Å². The van der Waals surface area contributed by atoms with Gasteiger partial charge in [-0.1, -0.05) is 0 Å². The largest absolute Gasteiger partial charge is 0.494 e. The highest BCUT2D eigenvalue weighted by Crippen LogP contribution is 2.20. The lowest BCUT2D eigenvalue weighted by Crippen LogP contribution is -2.30. The zero-order valence-electron chi connectivity index (χ0n) is 12.8. The SMILES string of the molecule is COc1ccc(C(=O)CCC(=O)N2CCC(C(=O)O)C2)cc1F. The Morgan fingerprint density at radius 3 is 2.65 bits per heavy atom. The summed E-state index contributed by atoms with van der Waals surface area (Å²) < 4.78 is 18.3. The molecule has 0 radical (unpaired) electrons. The summed E-state index contributed by atoms with van der Waals surface area (Å²) in [5.41, 5.74) is 0.181. The molecule has 1 saturated heterocycles. The van der Waals surface area contributed by atoms with Gasteiger partial charge in [0, 0.05) is 31.5 Å². The maximum absolute atomic E-state index is 13.6. The van der Waals surface area contributed by atoms with Gasteiger partial charge in [0.2, 0.25) is 5.91 Å². The maximum Gasteiger partial charge on any atom is 0.308 e. The van der Waals surface area contributed by atoms with Gasteiger partial charge in [0.1, 0.15) is 0 Å². The van der Waals surface area contributed by atoms with Crippen LogP contribution in [-0.2, 0) is 9.59 Å².